The van der Waals surface area contributed by atoms with E-state index in [2.05, 4.69) is 21.3 Å². The van der Waals surface area contributed by atoms with E-state index >= 15 is 0 Å². The van der Waals surface area contributed by atoms with Crippen LogP contribution in [0.2, 0.25) is 0 Å². The van der Waals surface area contributed by atoms with E-state index in [0.717, 1.165) is 44.9 Å². The van der Waals surface area contributed by atoms with Crippen LogP contribution in [0.4, 0.5) is 5.82 Å². The summed E-state index contributed by atoms with van der Waals surface area (Å²) in [6, 6.07) is 8.57. The zero-order valence-electron chi connectivity index (χ0n) is 15.9. The number of methoxy groups -OCH3 is 1. The second kappa shape index (κ2) is 8.57. The zero-order valence-corrected chi connectivity index (χ0v) is 15.9. The maximum atomic E-state index is 5.99. The van der Waals surface area contributed by atoms with E-state index in [0.29, 0.717) is 23.6 Å². The summed E-state index contributed by atoms with van der Waals surface area (Å²) in [6.45, 7) is 3.59. The van der Waals surface area contributed by atoms with Crippen LogP contribution in [0.3, 0.4) is 0 Å². The predicted molar refractivity (Wildman–Crippen MR) is 105 cm³/mol. The molecule has 1 saturated carbocycles. The monoisotopic (exact) mass is 368 g/mol. The summed E-state index contributed by atoms with van der Waals surface area (Å²) in [7, 11) is 1.67. The Labute approximate surface area is 160 Å². The Hall–Kier alpha value is -2.34. The van der Waals surface area contributed by atoms with Crippen molar-refractivity contribution in [2.24, 2.45) is 5.92 Å². The van der Waals surface area contributed by atoms with Gasteiger partial charge in [0.05, 0.1) is 13.7 Å². The first-order valence-corrected chi connectivity index (χ1v) is 9.87. The lowest BCUT2D eigenvalue weighted by Crippen LogP contribution is -2.43. The molecule has 1 saturated heterocycles. The molecule has 1 N–H and O–H groups in total. The highest BCUT2D eigenvalue weighted by molar-refractivity contribution is 5.48. The normalized spacial score (nSPS) is 17.5. The molecule has 0 unspecified atom stereocenters. The number of nitrogens with zero attached hydrogens (tertiary/aromatic N) is 3. The molecular weight excluding hydrogens is 340 g/mol. The third-order valence-corrected chi connectivity index (χ3v) is 5.30. The molecule has 0 aromatic carbocycles. The number of nitrogens with one attached hydrogen (secondary N) is 1. The zero-order chi connectivity index (χ0) is 18.5. The topological polar surface area (TPSA) is 59.5 Å². The molecule has 0 amide bonds. The lowest BCUT2D eigenvalue weighted by molar-refractivity contribution is 0.269. The molecule has 1 aliphatic heterocycles. The first kappa shape index (κ1) is 18.0. The molecule has 2 fully saturated rings. The van der Waals surface area contributed by atoms with Crippen molar-refractivity contribution in [3.8, 4) is 11.6 Å². The van der Waals surface area contributed by atoms with Crippen LogP contribution in [0.5, 0.6) is 11.6 Å². The van der Waals surface area contributed by atoms with Crippen LogP contribution >= 0.6 is 0 Å². The fourth-order valence-electron chi connectivity index (χ4n) is 3.52. The highest BCUT2D eigenvalue weighted by Gasteiger charge is 2.25. The summed E-state index contributed by atoms with van der Waals surface area (Å²) in [5.74, 6) is 2.92. The van der Waals surface area contributed by atoms with E-state index in [4.69, 9.17) is 14.5 Å². The van der Waals surface area contributed by atoms with Gasteiger partial charge in [-0.15, -0.1) is 0 Å². The number of hydrogen-bond donors (Lipinski definition) is 1. The molecule has 0 radical (unpaired) electrons. The van der Waals surface area contributed by atoms with Crippen LogP contribution < -0.4 is 19.7 Å². The van der Waals surface area contributed by atoms with Gasteiger partial charge in [-0.05, 0) is 68.5 Å². The summed E-state index contributed by atoms with van der Waals surface area (Å²) in [6.07, 6.45) is 8.46. The van der Waals surface area contributed by atoms with Crippen LogP contribution in [-0.2, 0) is 6.54 Å². The van der Waals surface area contributed by atoms with Gasteiger partial charge in [0.1, 0.15) is 5.82 Å². The van der Waals surface area contributed by atoms with Gasteiger partial charge in [-0.3, -0.25) is 4.98 Å². The highest BCUT2D eigenvalue weighted by Crippen LogP contribution is 2.34. The first-order valence-electron chi connectivity index (χ1n) is 9.87. The Kier molecular flexibility index (Phi) is 5.72. The molecule has 144 valence electrons. The number of anilines is 1. The number of rotatable bonds is 8. The largest absolute Gasteiger partial charge is 0.491 e. The molecule has 0 spiro atoms. The summed E-state index contributed by atoms with van der Waals surface area (Å²) in [4.78, 5) is 11.5. The average molecular weight is 368 g/mol. The Morgan fingerprint density at radius 2 is 2.00 bits per heavy atom. The van der Waals surface area contributed by atoms with E-state index in [-0.39, 0.29) is 0 Å². The lowest BCUT2D eigenvalue weighted by Gasteiger charge is -2.35. The minimum atomic E-state index is 0.448. The third-order valence-electron chi connectivity index (χ3n) is 5.30. The van der Waals surface area contributed by atoms with Gasteiger partial charge in [-0.25, -0.2) is 0 Å². The summed E-state index contributed by atoms with van der Waals surface area (Å²) in [5.41, 5.74) is 1.19. The fourth-order valence-corrected chi connectivity index (χ4v) is 3.52. The second-order valence-corrected chi connectivity index (χ2v) is 7.40. The molecule has 6 nitrogen and oxygen atoms in total. The van der Waals surface area contributed by atoms with Crippen LogP contribution in [0.25, 0.3) is 0 Å². The first-order chi connectivity index (χ1) is 13.3. The fraction of sp³-hybridized carbons (Fsp3) is 0.524. The standard InChI is InChI=1S/C21H28N4O2/c1-26-19-6-7-20(24-21(19)27-15-16-4-5-16)25(18-8-11-22-12-9-18)14-17-3-2-10-23-13-17/h2-3,6-7,10,13,16,18,22H,4-5,8-9,11-12,14-15H2,1H3. The molecule has 0 bridgehead atoms. The summed E-state index contributed by atoms with van der Waals surface area (Å²) < 4.78 is 11.5. The third kappa shape index (κ3) is 4.69. The number of pyridine rings is 2. The second-order valence-electron chi connectivity index (χ2n) is 7.40. The van der Waals surface area contributed by atoms with Crippen molar-refractivity contribution in [1.29, 1.82) is 0 Å². The quantitative estimate of drug-likeness (QED) is 0.773. The van der Waals surface area contributed by atoms with E-state index in [1.165, 1.54) is 18.4 Å². The van der Waals surface area contributed by atoms with Crippen molar-refractivity contribution >= 4 is 5.82 Å². The molecule has 3 heterocycles. The van der Waals surface area contributed by atoms with E-state index < -0.39 is 0 Å². The lowest BCUT2D eigenvalue weighted by atomic mass is 10.0. The van der Waals surface area contributed by atoms with Crippen LogP contribution in [0.15, 0.2) is 36.7 Å². The maximum absolute atomic E-state index is 5.99. The molecule has 4 rings (SSSR count). The van der Waals surface area contributed by atoms with Gasteiger partial charge in [0.2, 0.25) is 0 Å². The molecule has 0 atom stereocenters. The van der Waals surface area contributed by atoms with Crippen LogP contribution in [0.1, 0.15) is 31.2 Å². The smallest absolute Gasteiger partial charge is 0.258 e. The minimum absolute atomic E-state index is 0.448. The van der Waals surface area contributed by atoms with Crippen LogP contribution in [0, 0.1) is 5.92 Å². The molecular formula is C21H28N4O2. The Morgan fingerprint density at radius 3 is 2.70 bits per heavy atom. The average Bonchev–Trinajstić information content (AvgIpc) is 3.56. The van der Waals surface area contributed by atoms with Crippen molar-refractivity contribution in [3.05, 3.63) is 42.2 Å². The van der Waals surface area contributed by atoms with Gasteiger partial charge in [0.15, 0.2) is 5.75 Å². The van der Waals surface area contributed by atoms with Gasteiger partial charge in [0, 0.05) is 25.0 Å². The van der Waals surface area contributed by atoms with Crippen molar-refractivity contribution in [1.82, 2.24) is 15.3 Å². The molecule has 27 heavy (non-hydrogen) atoms. The Bertz CT molecular complexity index is 730. The number of piperidine rings is 1. The van der Waals surface area contributed by atoms with Gasteiger partial charge in [-0.1, -0.05) is 6.07 Å². The van der Waals surface area contributed by atoms with E-state index in [1.54, 1.807) is 7.11 Å². The SMILES string of the molecule is COc1ccc(N(Cc2cccnc2)C2CCNCC2)nc1OCC1CC1. The van der Waals surface area contributed by atoms with Crippen molar-refractivity contribution in [2.75, 3.05) is 31.7 Å². The summed E-state index contributed by atoms with van der Waals surface area (Å²) >= 11 is 0. The van der Waals surface area contributed by atoms with Gasteiger partial charge < -0.3 is 19.7 Å². The molecule has 6 heteroatoms. The van der Waals surface area contributed by atoms with Gasteiger partial charge in [0.25, 0.3) is 5.88 Å². The maximum Gasteiger partial charge on any atom is 0.258 e. The Morgan fingerprint density at radius 1 is 1.15 bits per heavy atom. The summed E-state index contributed by atoms with van der Waals surface area (Å²) in [5, 5.41) is 3.45. The molecule has 1 aliphatic carbocycles. The number of ether oxygens (including phenoxy) is 2. The minimum Gasteiger partial charge on any atom is -0.491 e. The van der Waals surface area contributed by atoms with Crippen molar-refractivity contribution in [3.63, 3.8) is 0 Å². The number of hydrogen-bond acceptors (Lipinski definition) is 6. The predicted octanol–water partition coefficient (Wildman–Crippen LogP) is 3.03. The van der Waals surface area contributed by atoms with Gasteiger partial charge >= 0.3 is 0 Å². The van der Waals surface area contributed by atoms with Gasteiger partial charge in [-0.2, -0.15) is 4.98 Å². The molecule has 2 aliphatic rings. The molecule has 2 aromatic heterocycles. The highest BCUT2D eigenvalue weighted by atomic mass is 16.5. The Balaban J connectivity index is 1.60. The van der Waals surface area contributed by atoms with E-state index in [9.17, 15) is 0 Å². The molecule has 2 aromatic rings. The van der Waals surface area contributed by atoms with Crippen molar-refractivity contribution < 1.29 is 9.47 Å². The van der Waals surface area contributed by atoms with Crippen LogP contribution in [-0.4, -0.2) is 42.8 Å². The van der Waals surface area contributed by atoms with Crippen molar-refractivity contribution in [2.45, 2.75) is 38.3 Å². The number of aromatic nitrogens is 2. The van der Waals surface area contributed by atoms with E-state index in [1.807, 2.05) is 30.6 Å².